The maximum Gasteiger partial charge on any atom is 0.253 e. The van der Waals surface area contributed by atoms with Crippen LogP contribution in [0.4, 0.5) is 20.2 Å². The average molecular weight is 496 g/mol. The normalized spacial score (nSPS) is 23.1. The van der Waals surface area contributed by atoms with Crippen molar-refractivity contribution < 1.29 is 17.2 Å². The number of piperazine rings is 1. The van der Waals surface area contributed by atoms with E-state index in [1.165, 1.54) is 22.7 Å². The summed E-state index contributed by atoms with van der Waals surface area (Å²) in [5.74, 6) is -3.08. The SMILES string of the molecule is CN1SN(CC2CC2(F)F)c2ccc(-c3ccc(CN4CCN(S(C)(=O)=O)CC4)nc3)cc21. The molecule has 7 nitrogen and oxygen atoms in total. The Balaban J connectivity index is 1.23. The number of benzene rings is 1. The van der Waals surface area contributed by atoms with E-state index in [1.807, 2.05) is 46.1 Å². The van der Waals surface area contributed by atoms with Crippen LogP contribution in [-0.2, 0) is 16.6 Å². The lowest BCUT2D eigenvalue weighted by Crippen LogP contribution is -2.47. The number of nitrogens with zero attached hydrogens (tertiary/aromatic N) is 5. The highest BCUT2D eigenvalue weighted by molar-refractivity contribution is 8.02. The molecule has 33 heavy (non-hydrogen) atoms. The largest absolute Gasteiger partial charge is 0.300 e. The van der Waals surface area contributed by atoms with E-state index in [0.29, 0.717) is 39.3 Å². The van der Waals surface area contributed by atoms with Crippen LogP contribution in [0.5, 0.6) is 0 Å². The molecule has 0 spiro atoms. The van der Waals surface area contributed by atoms with E-state index in [-0.39, 0.29) is 6.42 Å². The quantitative estimate of drug-likeness (QED) is 0.570. The molecule has 0 amide bonds. The first-order valence-corrected chi connectivity index (χ1v) is 13.5. The maximum absolute atomic E-state index is 13.4. The molecule has 11 heteroatoms. The topological polar surface area (TPSA) is 60.0 Å². The summed E-state index contributed by atoms with van der Waals surface area (Å²) < 4.78 is 55.5. The summed E-state index contributed by atoms with van der Waals surface area (Å²) in [6, 6.07) is 10.1. The van der Waals surface area contributed by atoms with Gasteiger partial charge < -0.3 is 0 Å². The van der Waals surface area contributed by atoms with Gasteiger partial charge in [-0.1, -0.05) is 12.1 Å². The molecule has 1 atom stereocenters. The van der Waals surface area contributed by atoms with Crippen molar-refractivity contribution in [2.45, 2.75) is 18.9 Å². The average Bonchev–Trinajstić information content (AvgIpc) is 3.25. The van der Waals surface area contributed by atoms with E-state index in [1.54, 1.807) is 0 Å². The van der Waals surface area contributed by atoms with E-state index in [0.717, 1.165) is 28.2 Å². The zero-order valence-electron chi connectivity index (χ0n) is 18.6. The van der Waals surface area contributed by atoms with Crippen molar-refractivity contribution in [1.82, 2.24) is 14.2 Å². The van der Waals surface area contributed by atoms with E-state index in [2.05, 4.69) is 16.0 Å². The predicted molar refractivity (Wildman–Crippen MR) is 128 cm³/mol. The van der Waals surface area contributed by atoms with Gasteiger partial charge in [0, 0.05) is 70.4 Å². The lowest BCUT2D eigenvalue weighted by atomic mass is 10.1. The van der Waals surface area contributed by atoms with Gasteiger partial charge in [-0.15, -0.1) is 0 Å². The lowest BCUT2D eigenvalue weighted by Gasteiger charge is -2.32. The minimum atomic E-state index is -3.13. The minimum absolute atomic E-state index is 0.0212. The number of sulfonamides is 1. The summed E-state index contributed by atoms with van der Waals surface area (Å²) in [5, 5.41) is 0. The van der Waals surface area contributed by atoms with E-state index in [4.69, 9.17) is 0 Å². The number of hydrogen-bond donors (Lipinski definition) is 0. The summed E-state index contributed by atoms with van der Waals surface area (Å²) in [7, 11) is -1.18. The Morgan fingerprint density at radius 1 is 1.09 bits per heavy atom. The van der Waals surface area contributed by atoms with Crippen molar-refractivity contribution in [3.8, 4) is 11.1 Å². The van der Waals surface area contributed by atoms with Gasteiger partial charge in [-0.2, -0.15) is 4.31 Å². The highest BCUT2D eigenvalue weighted by Gasteiger charge is 2.57. The Morgan fingerprint density at radius 2 is 1.79 bits per heavy atom. The van der Waals surface area contributed by atoms with Crippen LogP contribution in [0.1, 0.15) is 12.1 Å². The lowest BCUT2D eigenvalue weighted by molar-refractivity contribution is 0.101. The molecule has 2 aliphatic heterocycles. The smallest absolute Gasteiger partial charge is 0.253 e. The fourth-order valence-electron chi connectivity index (χ4n) is 4.34. The second-order valence-electron chi connectivity index (χ2n) is 8.98. The summed E-state index contributed by atoms with van der Waals surface area (Å²) >= 11 is 1.46. The van der Waals surface area contributed by atoms with Gasteiger partial charge >= 0.3 is 0 Å². The van der Waals surface area contributed by atoms with Gasteiger partial charge in [-0.25, -0.2) is 17.2 Å². The summed E-state index contributed by atoms with van der Waals surface area (Å²) in [4.78, 5) is 6.83. The number of anilines is 2. The van der Waals surface area contributed by atoms with Crippen LogP contribution in [0.2, 0.25) is 0 Å². The number of hydrogen-bond acceptors (Lipinski definition) is 7. The Morgan fingerprint density at radius 3 is 2.39 bits per heavy atom. The number of aromatic nitrogens is 1. The molecule has 3 heterocycles. The van der Waals surface area contributed by atoms with Crippen molar-refractivity contribution in [2.75, 3.05) is 54.6 Å². The van der Waals surface area contributed by atoms with Gasteiger partial charge in [0.1, 0.15) is 0 Å². The molecule has 1 saturated carbocycles. The van der Waals surface area contributed by atoms with E-state index >= 15 is 0 Å². The third kappa shape index (κ3) is 4.82. The molecule has 1 saturated heterocycles. The van der Waals surface area contributed by atoms with Crippen LogP contribution in [0.25, 0.3) is 11.1 Å². The van der Waals surface area contributed by atoms with Crippen LogP contribution in [0.3, 0.4) is 0 Å². The predicted octanol–water partition coefficient (Wildman–Crippen LogP) is 3.30. The molecule has 0 N–H and O–H groups in total. The Hall–Kier alpha value is -1.95. The van der Waals surface area contributed by atoms with Gasteiger partial charge in [0.25, 0.3) is 5.92 Å². The zero-order valence-corrected chi connectivity index (χ0v) is 20.2. The molecule has 2 aromatic rings. The first kappa shape index (κ1) is 22.8. The monoisotopic (exact) mass is 495 g/mol. The highest BCUT2D eigenvalue weighted by atomic mass is 32.2. The van der Waals surface area contributed by atoms with Gasteiger partial charge in [0.15, 0.2) is 0 Å². The van der Waals surface area contributed by atoms with Gasteiger partial charge in [0.05, 0.1) is 35.5 Å². The maximum atomic E-state index is 13.4. The second kappa shape index (κ2) is 8.37. The second-order valence-corrected chi connectivity index (χ2v) is 12.1. The molecule has 2 fully saturated rings. The number of alkyl halides is 2. The fraction of sp³-hybridized carbons (Fsp3) is 0.500. The van der Waals surface area contributed by atoms with Crippen LogP contribution in [0, 0.1) is 5.92 Å². The molecule has 178 valence electrons. The van der Waals surface area contributed by atoms with Crippen LogP contribution in [-0.4, -0.2) is 74.6 Å². The number of pyridine rings is 1. The first-order valence-electron chi connectivity index (χ1n) is 10.9. The van der Waals surface area contributed by atoms with Gasteiger partial charge in [-0.3, -0.25) is 18.5 Å². The van der Waals surface area contributed by atoms with Crippen LogP contribution >= 0.6 is 12.1 Å². The third-order valence-corrected chi connectivity index (χ3v) is 8.78. The third-order valence-electron chi connectivity index (χ3n) is 6.49. The zero-order chi connectivity index (χ0) is 23.4. The van der Waals surface area contributed by atoms with Crippen molar-refractivity contribution in [2.24, 2.45) is 5.92 Å². The highest BCUT2D eigenvalue weighted by Crippen LogP contribution is 2.53. The van der Waals surface area contributed by atoms with E-state index in [9.17, 15) is 17.2 Å². The molecular weight excluding hydrogens is 468 g/mol. The molecular formula is C22H27F2N5O2S2. The summed E-state index contributed by atoms with van der Waals surface area (Å²) in [6.45, 7) is 3.43. The summed E-state index contributed by atoms with van der Waals surface area (Å²) in [6.07, 6.45) is 3.09. The fourth-order valence-corrected chi connectivity index (χ4v) is 6.18. The van der Waals surface area contributed by atoms with Gasteiger partial charge in [-0.05, 0) is 23.8 Å². The van der Waals surface area contributed by atoms with Crippen molar-refractivity contribution in [3.63, 3.8) is 0 Å². The first-order chi connectivity index (χ1) is 15.6. The van der Waals surface area contributed by atoms with Crippen LogP contribution in [0.15, 0.2) is 36.5 Å². The number of halogens is 2. The van der Waals surface area contributed by atoms with Crippen LogP contribution < -0.4 is 8.61 Å². The summed E-state index contributed by atoms with van der Waals surface area (Å²) in [5.41, 5.74) is 4.94. The molecule has 0 bridgehead atoms. The van der Waals surface area contributed by atoms with E-state index < -0.39 is 21.9 Å². The number of fused-ring (bicyclic) bond motifs is 1. The van der Waals surface area contributed by atoms with Gasteiger partial charge in [0.2, 0.25) is 10.0 Å². The molecule has 1 aliphatic carbocycles. The Kier molecular flexibility index (Phi) is 5.79. The molecule has 1 unspecified atom stereocenters. The molecule has 3 aliphatic rings. The molecule has 1 aromatic carbocycles. The molecule has 0 radical (unpaired) electrons. The standard InChI is InChI=1S/C22H27F2N5O2S2/c1-26-21-11-16(4-6-20(21)29(32-26)14-18-12-22(18,23)24)17-3-5-19(25-13-17)15-27-7-9-28(10-8-27)33(2,30)31/h3-6,11,13,18H,7-10,12,14-15H2,1-2H3. The minimum Gasteiger partial charge on any atom is -0.300 e. The molecule has 1 aromatic heterocycles. The number of rotatable bonds is 6. The van der Waals surface area contributed by atoms with Crippen molar-refractivity contribution >= 4 is 33.5 Å². The van der Waals surface area contributed by atoms with Crippen molar-refractivity contribution in [1.29, 1.82) is 0 Å². The van der Waals surface area contributed by atoms with Crippen molar-refractivity contribution in [3.05, 3.63) is 42.2 Å². The molecule has 5 rings (SSSR count). The Labute approximate surface area is 197 Å². The Bertz CT molecular complexity index is 1140.